The van der Waals surface area contributed by atoms with Crippen molar-refractivity contribution in [3.8, 4) is 11.8 Å². The van der Waals surface area contributed by atoms with Crippen LogP contribution in [0.2, 0.25) is 0 Å². The van der Waals surface area contributed by atoms with Crippen LogP contribution in [0.4, 0.5) is 5.69 Å². The zero-order chi connectivity index (χ0) is 15.2. The quantitative estimate of drug-likeness (QED) is 0.829. The molecular weight excluding hydrogens is 262 g/mol. The van der Waals surface area contributed by atoms with Crippen molar-refractivity contribution < 1.29 is 4.79 Å². The summed E-state index contributed by atoms with van der Waals surface area (Å²) in [6.45, 7) is 4.14. The summed E-state index contributed by atoms with van der Waals surface area (Å²) in [4.78, 5) is 16.3. The number of hydrogen-bond donors (Lipinski definition) is 2. The predicted molar refractivity (Wildman–Crippen MR) is 84.0 cm³/mol. The monoisotopic (exact) mass is 279 g/mol. The van der Waals surface area contributed by atoms with Gasteiger partial charge in [-0.05, 0) is 49.7 Å². The zero-order valence-electron chi connectivity index (χ0n) is 12.1. The average Bonchev–Trinajstić information content (AvgIpc) is 2.48. The van der Waals surface area contributed by atoms with Gasteiger partial charge in [-0.1, -0.05) is 11.8 Å². The Kier molecular flexibility index (Phi) is 4.70. The van der Waals surface area contributed by atoms with Gasteiger partial charge in [0.25, 0.3) is 5.91 Å². The molecule has 0 atom stereocenters. The van der Waals surface area contributed by atoms with E-state index in [2.05, 4.69) is 22.1 Å². The molecule has 1 aromatic heterocycles. The van der Waals surface area contributed by atoms with Crippen LogP contribution in [0, 0.1) is 25.7 Å². The number of benzene rings is 1. The van der Waals surface area contributed by atoms with E-state index in [9.17, 15) is 4.79 Å². The predicted octanol–water partition coefficient (Wildman–Crippen LogP) is 2.26. The zero-order valence-corrected chi connectivity index (χ0v) is 12.1. The second-order valence-corrected chi connectivity index (χ2v) is 4.68. The summed E-state index contributed by atoms with van der Waals surface area (Å²) in [6, 6.07) is 9.20. The van der Waals surface area contributed by atoms with Crippen LogP contribution in [-0.2, 0) is 0 Å². The minimum Gasteiger partial charge on any atom is -0.322 e. The number of aryl methyl sites for hydroxylation is 2. The third kappa shape index (κ3) is 3.91. The molecule has 0 spiro atoms. The number of nitrogens with two attached hydrogens (primary N) is 1. The number of hydrogen-bond acceptors (Lipinski definition) is 3. The van der Waals surface area contributed by atoms with Gasteiger partial charge in [0.15, 0.2) is 0 Å². The standard InChI is InChI=1S/C17H17N3O/c1-12-10-14(4-3-9-18)6-8-16(12)20-17(21)15-7-5-13(2)19-11-15/h5-8,10-11H,9,18H2,1-2H3,(H,20,21). The molecule has 0 fully saturated rings. The smallest absolute Gasteiger partial charge is 0.257 e. The van der Waals surface area contributed by atoms with Crippen molar-refractivity contribution in [2.75, 3.05) is 11.9 Å². The van der Waals surface area contributed by atoms with Gasteiger partial charge in [-0.15, -0.1) is 0 Å². The molecule has 2 rings (SSSR count). The molecule has 0 saturated carbocycles. The van der Waals surface area contributed by atoms with Gasteiger partial charge in [0, 0.05) is 23.1 Å². The van der Waals surface area contributed by atoms with E-state index in [1.165, 1.54) is 0 Å². The maximum Gasteiger partial charge on any atom is 0.257 e. The molecule has 1 aromatic carbocycles. The molecule has 1 heterocycles. The molecule has 4 heteroatoms. The van der Waals surface area contributed by atoms with Crippen molar-refractivity contribution in [1.82, 2.24) is 4.98 Å². The molecule has 0 aliphatic carbocycles. The van der Waals surface area contributed by atoms with Crippen LogP contribution in [0.3, 0.4) is 0 Å². The maximum atomic E-state index is 12.1. The van der Waals surface area contributed by atoms with Gasteiger partial charge in [-0.3, -0.25) is 9.78 Å². The fourth-order valence-corrected chi connectivity index (χ4v) is 1.83. The Morgan fingerprint density at radius 3 is 2.71 bits per heavy atom. The van der Waals surface area contributed by atoms with E-state index < -0.39 is 0 Å². The highest BCUT2D eigenvalue weighted by molar-refractivity contribution is 6.04. The number of rotatable bonds is 2. The number of aromatic nitrogens is 1. The maximum absolute atomic E-state index is 12.1. The number of carbonyl (C=O) groups excluding carboxylic acids is 1. The number of nitrogens with one attached hydrogen (secondary N) is 1. The first-order valence-electron chi connectivity index (χ1n) is 6.64. The number of nitrogens with zero attached hydrogens (tertiary/aromatic N) is 1. The Balaban J connectivity index is 2.16. The third-order valence-electron chi connectivity index (χ3n) is 2.98. The topological polar surface area (TPSA) is 68.0 Å². The van der Waals surface area contributed by atoms with Crippen molar-refractivity contribution >= 4 is 11.6 Å². The number of pyridine rings is 1. The lowest BCUT2D eigenvalue weighted by atomic mass is 10.1. The number of anilines is 1. The van der Waals surface area contributed by atoms with Gasteiger partial charge in [0.05, 0.1) is 12.1 Å². The van der Waals surface area contributed by atoms with Crippen LogP contribution < -0.4 is 11.1 Å². The van der Waals surface area contributed by atoms with E-state index in [1.54, 1.807) is 12.3 Å². The van der Waals surface area contributed by atoms with Crippen molar-refractivity contribution in [2.24, 2.45) is 5.73 Å². The highest BCUT2D eigenvalue weighted by atomic mass is 16.1. The van der Waals surface area contributed by atoms with Crippen molar-refractivity contribution in [1.29, 1.82) is 0 Å². The average molecular weight is 279 g/mol. The van der Waals surface area contributed by atoms with E-state index >= 15 is 0 Å². The molecule has 0 saturated heterocycles. The Morgan fingerprint density at radius 2 is 2.10 bits per heavy atom. The Hall–Kier alpha value is -2.64. The highest BCUT2D eigenvalue weighted by Gasteiger charge is 2.08. The van der Waals surface area contributed by atoms with Crippen LogP contribution in [0.5, 0.6) is 0 Å². The van der Waals surface area contributed by atoms with Gasteiger partial charge in [-0.2, -0.15) is 0 Å². The lowest BCUT2D eigenvalue weighted by Crippen LogP contribution is -2.13. The summed E-state index contributed by atoms with van der Waals surface area (Å²) in [6.07, 6.45) is 1.57. The number of carbonyl (C=O) groups is 1. The highest BCUT2D eigenvalue weighted by Crippen LogP contribution is 2.17. The van der Waals surface area contributed by atoms with Crippen LogP contribution >= 0.6 is 0 Å². The molecule has 2 aromatic rings. The molecule has 0 aliphatic rings. The fourth-order valence-electron chi connectivity index (χ4n) is 1.83. The van der Waals surface area contributed by atoms with E-state index in [1.807, 2.05) is 38.1 Å². The Labute approximate surface area is 124 Å². The first-order chi connectivity index (χ1) is 10.1. The minimum absolute atomic E-state index is 0.175. The lowest BCUT2D eigenvalue weighted by molar-refractivity contribution is 0.102. The minimum atomic E-state index is -0.175. The summed E-state index contributed by atoms with van der Waals surface area (Å²) < 4.78 is 0. The molecule has 0 radical (unpaired) electrons. The van der Waals surface area contributed by atoms with Crippen LogP contribution in [-0.4, -0.2) is 17.4 Å². The van der Waals surface area contributed by atoms with Gasteiger partial charge < -0.3 is 11.1 Å². The molecule has 21 heavy (non-hydrogen) atoms. The summed E-state index contributed by atoms with van der Waals surface area (Å²) in [7, 11) is 0. The van der Waals surface area contributed by atoms with E-state index in [0.29, 0.717) is 12.1 Å². The first kappa shape index (κ1) is 14.8. The second-order valence-electron chi connectivity index (χ2n) is 4.68. The van der Waals surface area contributed by atoms with Crippen LogP contribution in [0.1, 0.15) is 27.2 Å². The molecule has 0 bridgehead atoms. The molecular formula is C17H17N3O. The van der Waals surface area contributed by atoms with Crippen molar-refractivity contribution in [3.05, 3.63) is 58.9 Å². The van der Waals surface area contributed by atoms with Gasteiger partial charge in [0.1, 0.15) is 0 Å². The Bertz CT molecular complexity index is 709. The van der Waals surface area contributed by atoms with Crippen molar-refractivity contribution in [2.45, 2.75) is 13.8 Å². The summed E-state index contributed by atoms with van der Waals surface area (Å²) in [5.74, 6) is 5.60. The molecule has 0 unspecified atom stereocenters. The van der Waals surface area contributed by atoms with Crippen LogP contribution in [0.25, 0.3) is 0 Å². The van der Waals surface area contributed by atoms with Crippen molar-refractivity contribution in [3.63, 3.8) is 0 Å². The van der Waals surface area contributed by atoms with E-state index in [0.717, 1.165) is 22.5 Å². The SMILES string of the molecule is Cc1ccc(C(=O)Nc2ccc(C#CCN)cc2C)cn1. The van der Waals surface area contributed by atoms with Crippen LogP contribution in [0.15, 0.2) is 36.5 Å². The largest absolute Gasteiger partial charge is 0.322 e. The second kappa shape index (κ2) is 6.69. The van der Waals surface area contributed by atoms with Gasteiger partial charge in [0.2, 0.25) is 0 Å². The normalized spacial score (nSPS) is 9.67. The third-order valence-corrected chi connectivity index (χ3v) is 2.98. The lowest BCUT2D eigenvalue weighted by Gasteiger charge is -2.08. The molecule has 4 nitrogen and oxygen atoms in total. The molecule has 3 N–H and O–H groups in total. The summed E-state index contributed by atoms with van der Waals surface area (Å²) in [5, 5.41) is 2.88. The summed E-state index contributed by atoms with van der Waals surface area (Å²) in [5.41, 5.74) is 9.36. The molecule has 106 valence electrons. The van der Waals surface area contributed by atoms with Gasteiger partial charge in [-0.25, -0.2) is 0 Å². The van der Waals surface area contributed by atoms with E-state index in [4.69, 9.17) is 5.73 Å². The number of amides is 1. The summed E-state index contributed by atoms with van der Waals surface area (Å²) >= 11 is 0. The fraction of sp³-hybridized carbons (Fsp3) is 0.176. The Morgan fingerprint density at radius 1 is 1.29 bits per heavy atom. The molecule has 0 aliphatic heterocycles. The van der Waals surface area contributed by atoms with Gasteiger partial charge >= 0.3 is 0 Å². The molecule has 1 amide bonds. The van der Waals surface area contributed by atoms with E-state index in [-0.39, 0.29) is 5.91 Å². The first-order valence-corrected chi connectivity index (χ1v) is 6.64.